The second-order valence-electron chi connectivity index (χ2n) is 6.59. The van der Waals surface area contributed by atoms with E-state index in [1.807, 2.05) is 6.92 Å². The number of halogens is 1. The summed E-state index contributed by atoms with van der Waals surface area (Å²) in [6, 6.07) is 8.52. The summed E-state index contributed by atoms with van der Waals surface area (Å²) in [5.41, 5.74) is 2.73. The number of hydrogen-bond donors (Lipinski definition) is 2. The summed E-state index contributed by atoms with van der Waals surface area (Å²) in [6.07, 6.45) is 2.19. The molecular weight excluding hydrogens is 370 g/mol. The van der Waals surface area contributed by atoms with Gasteiger partial charge >= 0.3 is 0 Å². The summed E-state index contributed by atoms with van der Waals surface area (Å²) in [4.78, 5) is 18.5. The molecule has 1 saturated heterocycles. The van der Waals surface area contributed by atoms with Gasteiger partial charge in [0.25, 0.3) is 5.91 Å². The smallest absolute Gasteiger partial charge is 0.258 e. The van der Waals surface area contributed by atoms with Crippen LogP contribution in [0.1, 0.15) is 34.5 Å². The van der Waals surface area contributed by atoms with Gasteiger partial charge in [0, 0.05) is 18.4 Å². The number of nitrogens with one attached hydrogen (secondary N) is 2. The number of carbonyl (C=O) groups excluding carboxylic acids is 1. The Morgan fingerprint density at radius 2 is 1.92 bits per heavy atom. The third kappa shape index (κ3) is 4.62. The number of anilines is 1. The number of nitrogens with zero attached hydrogens (tertiary/aromatic N) is 1. The normalized spacial score (nSPS) is 16.0. The molecule has 1 fully saturated rings. The molecule has 26 heavy (non-hydrogen) atoms. The Kier molecular flexibility index (Phi) is 7.17. The van der Waals surface area contributed by atoms with Crippen LogP contribution < -0.4 is 10.6 Å². The molecule has 0 atom stereocenters. The summed E-state index contributed by atoms with van der Waals surface area (Å²) in [5, 5.41) is 6.89. The molecule has 2 aromatic rings. The first kappa shape index (κ1) is 20.8. The molecule has 2 heterocycles. The van der Waals surface area contributed by atoms with Crippen LogP contribution in [-0.2, 0) is 16.0 Å². The van der Waals surface area contributed by atoms with E-state index in [4.69, 9.17) is 4.74 Å². The van der Waals surface area contributed by atoms with Crippen LogP contribution in [0.5, 0.6) is 0 Å². The average molecular weight is 396 g/mol. The Morgan fingerprint density at radius 1 is 1.27 bits per heavy atom. The van der Waals surface area contributed by atoms with E-state index in [1.54, 1.807) is 18.4 Å². The van der Waals surface area contributed by atoms with Crippen molar-refractivity contribution in [3.63, 3.8) is 0 Å². The van der Waals surface area contributed by atoms with Crippen LogP contribution in [0.25, 0.3) is 0 Å². The zero-order valence-electron chi connectivity index (χ0n) is 15.4. The van der Waals surface area contributed by atoms with E-state index >= 15 is 0 Å². The van der Waals surface area contributed by atoms with Crippen molar-refractivity contribution in [3.8, 4) is 0 Å². The number of benzene rings is 1. The van der Waals surface area contributed by atoms with E-state index in [9.17, 15) is 4.79 Å². The van der Waals surface area contributed by atoms with Gasteiger partial charge in [0.2, 0.25) is 0 Å². The molecule has 0 saturated carbocycles. The molecule has 1 amide bonds. The fourth-order valence-corrected chi connectivity index (χ4v) is 4.09. The topological polar surface area (TPSA) is 63.2 Å². The molecule has 2 N–H and O–H groups in total. The molecule has 0 spiro atoms. The van der Waals surface area contributed by atoms with Crippen molar-refractivity contribution >= 4 is 34.8 Å². The SMILES string of the molecule is COC1(C(=O)Nc2nc(C)c(Cc3ccc(C)cc3)s2)CCNCC1.Cl. The molecule has 5 nitrogen and oxygen atoms in total. The van der Waals surface area contributed by atoms with E-state index in [-0.39, 0.29) is 18.3 Å². The van der Waals surface area contributed by atoms with Crippen molar-refractivity contribution < 1.29 is 9.53 Å². The largest absolute Gasteiger partial charge is 0.368 e. The maximum absolute atomic E-state index is 12.7. The van der Waals surface area contributed by atoms with Gasteiger partial charge in [0.1, 0.15) is 5.60 Å². The lowest BCUT2D eigenvalue weighted by Crippen LogP contribution is -2.51. The summed E-state index contributed by atoms with van der Waals surface area (Å²) in [6.45, 7) is 5.65. The van der Waals surface area contributed by atoms with Crippen molar-refractivity contribution in [2.75, 3.05) is 25.5 Å². The zero-order valence-corrected chi connectivity index (χ0v) is 17.1. The van der Waals surface area contributed by atoms with Gasteiger partial charge in [-0.25, -0.2) is 4.98 Å². The van der Waals surface area contributed by atoms with Crippen molar-refractivity contribution in [1.82, 2.24) is 10.3 Å². The van der Waals surface area contributed by atoms with Crippen LogP contribution >= 0.6 is 23.7 Å². The Labute approximate surface area is 165 Å². The van der Waals surface area contributed by atoms with Crippen LogP contribution in [0.4, 0.5) is 5.13 Å². The Morgan fingerprint density at radius 3 is 2.54 bits per heavy atom. The van der Waals surface area contributed by atoms with Gasteiger partial charge in [-0.1, -0.05) is 29.8 Å². The zero-order chi connectivity index (χ0) is 17.9. The monoisotopic (exact) mass is 395 g/mol. The van der Waals surface area contributed by atoms with Crippen molar-refractivity contribution in [3.05, 3.63) is 46.0 Å². The van der Waals surface area contributed by atoms with E-state index < -0.39 is 5.60 Å². The van der Waals surface area contributed by atoms with Crippen LogP contribution in [0.3, 0.4) is 0 Å². The van der Waals surface area contributed by atoms with E-state index in [0.717, 1.165) is 25.2 Å². The molecular formula is C19H26ClN3O2S. The first-order chi connectivity index (χ1) is 12.0. The molecule has 0 bridgehead atoms. The Bertz CT molecular complexity index is 740. The summed E-state index contributed by atoms with van der Waals surface area (Å²) >= 11 is 1.55. The highest BCUT2D eigenvalue weighted by Crippen LogP contribution is 2.29. The van der Waals surface area contributed by atoms with Gasteiger partial charge in [0.05, 0.1) is 5.69 Å². The summed E-state index contributed by atoms with van der Waals surface area (Å²) in [7, 11) is 1.61. The Balaban J connectivity index is 0.00000243. The first-order valence-electron chi connectivity index (χ1n) is 8.61. The molecule has 0 unspecified atom stereocenters. The quantitative estimate of drug-likeness (QED) is 0.813. The summed E-state index contributed by atoms with van der Waals surface area (Å²) in [5.74, 6) is -0.0906. The maximum Gasteiger partial charge on any atom is 0.258 e. The second kappa shape index (κ2) is 8.95. The summed E-state index contributed by atoms with van der Waals surface area (Å²) < 4.78 is 5.58. The van der Waals surface area contributed by atoms with E-state index in [2.05, 4.69) is 46.8 Å². The third-order valence-corrected chi connectivity index (χ3v) is 5.89. The molecule has 7 heteroatoms. The van der Waals surface area contributed by atoms with Gasteiger partial charge in [-0.2, -0.15) is 0 Å². The van der Waals surface area contributed by atoms with Crippen LogP contribution in [0.15, 0.2) is 24.3 Å². The van der Waals surface area contributed by atoms with E-state index in [1.165, 1.54) is 16.0 Å². The molecule has 1 aromatic heterocycles. The molecule has 1 aliphatic heterocycles. The molecule has 0 radical (unpaired) electrons. The number of aryl methyl sites for hydroxylation is 2. The highest BCUT2D eigenvalue weighted by atomic mass is 35.5. The number of methoxy groups -OCH3 is 1. The van der Waals surface area contributed by atoms with Crippen molar-refractivity contribution in [2.24, 2.45) is 0 Å². The first-order valence-corrected chi connectivity index (χ1v) is 9.43. The molecule has 1 aromatic carbocycles. The highest BCUT2D eigenvalue weighted by molar-refractivity contribution is 7.15. The number of carbonyl (C=O) groups is 1. The van der Waals surface area contributed by atoms with Gasteiger partial charge in [-0.15, -0.1) is 23.7 Å². The minimum Gasteiger partial charge on any atom is -0.368 e. The number of aromatic nitrogens is 1. The van der Waals surface area contributed by atoms with Crippen molar-refractivity contribution in [1.29, 1.82) is 0 Å². The lowest BCUT2D eigenvalue weighted by molar-refractivity contribution is -0.140. The number of hydrogen-bond acceptors (Lipinski definition) is 5. The van der Waals surface area contributed by atoms with Crippen LogP contribution in [0, 0.1) is 13.8 Å². The fourth-order valence-electron chi connectivity index (χ4n) is 3.10. The van der Waals surface area contributed by atoms with E-state index in [0.29, 0.717) is 18.0 Å². The van der Waals surface area contributed by atoms with Crippen LogP contribution in [0.2, 0.25) is 0 Å². The standard InChI is InChI=1S/C19H25N3O2S.ClH/c1-13-4-6-15(7-5-13)12-16-14(2)21-18(25-16)22-17(23)19(24-3)8-10-20-11-9-19;/h4-7,20H,8-12H2,1-3H3,(H,21,22,23);1H. The third-order valence-electron chi connectivity index (χ3n) is 4.81. The van der Waals surface area contributed by atoms with Gasteiger partial charge in [0.15, 0.2) is 5.13 Å². The minimum absolute atomic E-state index is 0. The molecule has 1 aliphatic rings. The lowest BCUT2D eigenvalue weighted by Gasteiger charge is -2.34. The van der Waals surface area contributed by atoms with Crippen LogP contribution in [-0.4, -0.2) is 36.7 Å². The lowest BCUT2D eigenvalue weighted by atomic mass is 9.91. The Hall–Kier alpha value is -1.47. The minimum atomic E-state index is -0.748. The predicted octanol–water partition coefficient (Wildman–Crippen LogP) is 3.48. The van der Waals surface area contributed by atoms with Gasteiger partial charge in [-0.3, -0.25) is 10.1 Å². The number of thiazole rings is 1. The predicted molar refractivity (Wildman–Crippen MR) is 109 cm³/mol. The number of rotatable bonds is 5. The number of ether oxygens (including phenoxy) is 1. The van der Waals surface area contributed by atoms with Gasteiger partial charge < -0.3 is 10.1 Å². The van der Waals surface area contributed by atoms with Gasteiger partial charge in [-0.05, 0) is 45.3 Å². The van der Waals surface area contributed by atoms with Crippen molar-refractivity contribution in [2.45, 2.75) is 38.7 Å². The highest BCUT2D eigenvalue weighted by Gasteiger charge is 2.40. The number of piperidine rings is 1. The fraction of sp³-hybridized carbons (Fsp3) is 0.474. The molecule has 142 valence electrons. The number of amides is 1. The second-order valence-corrected chi connectivity index (χ2v) is 7.68. The molecule has 0 aliphatic carbocycles. The average Bonchev–Trinajstić information content (AvgIpc) is 2.96. The molecule has 3 rings (SSSR count). The maximum atomic E-state index is 12.7.